The molecule has 0 saturated heterocycles. The molecule has 8 aromatic rings. The first-order chi connectivity index (χ1) is 22.6. The molecule has 46 heavy (non-hydrogen) atoms. The highest BCUT2D eigenvalue weighted by atomic mass is 14.9. The van der Waals surface area contributed by atoms with Gasteiger partial charge in [-0.15, -0.1) is 0 Å². The molecule has 0 aliphatic rings. The zero-order valence-electron chi connectivity index (χ0n) is 25.6. The molecule has 0 aliphatic heterocycles. The second-order valence-corrected chi connectivity index (χ2v) is 11.7. The number of aryl methyl sites for hydroxylation is 2. The van der Waals surface area contributed by atoms with Gasteiger partial charge in [0.25, 0.3) is 0 Å². The van der Waals surface area contributed by atoms with Gasteiger partial charge in [-0.05, 0) is 60.9 Å². The molecular formula is C42H30N4. The van der Waals surface area contributed by atoms with Crippen LogP contribution < -0.4 is 0 Å². The van der Waals surface area contributed by atoms with E-state index in [9.17, 15) is 0 Å². The topological polar surface area (TPSA) is 51.6 Å². The van der Waals surface area contributed by atoms with E-state index in [1.807, 2.05) is 43.3 Å². The number of aromatic nitrogens is 4. The molecule has 0 spiro atoms. The van der Waals surface area contributed by atoms with Crippen molar-refractivity contribution in [3.05, 3.63) is 157 Å². The Morgan fingerprint density at radius 1 is 0.370 bits per heavy atom. The summed E-state index contributed by atoms with van der Waals surface area (Å²) in [6.07, 6.45) is 0. The van der Waals surface area contributed by atoms with Crippen LogP contribution in [0.2, 0.25) is 0 Å². The predicted molar refractivity (Wildman–Crippen MR) is 189 cm³/mol. The van der Waals surface area contributed by atoms with Gasteiger partial charge >= 0.3 is 0 Å². The van der Waals surface area contributed by atoms with Gasteiger partial charge in [0, 0.05) is 38.7 Å². The Labute approximate surface area is 268 Å². The van der Waals surface area contributed by atoms with E-state index in [1.165, 1.54) is 5.56 Å². The molecule has 218 valence electrons. The highest BCUT2D eigenvalue weighted by Gasteiger charge is 2.13. The van der Waals surface area contributed by atoms with Crippen molar-refractivity contribution in [3.63, 3.8) is 0 Å². The van der Waals surface area contributed by atoms with Crippen LogP contribution in [0.4, 0.5) is 0 Å². The van der Waals surface area contributed by atoms with Gasteiger partial charge in [-0.25, -0.2) is 15.0 Å². The van der Waals surface area contributed by atoms with E-state index in [2.05, 4.69) is 116 Å². The quantitative estimate of drug-likeness (QED) is 0.187. The standard InChI is InChI=1S/C42H30N4/c1-27-23-37(44-41-36(27)22-21-30-20-19-28(2)43-40(30)41)34-17-9-15-32(24-34)33-16-10-18-35(25-33)39-26-38(29-11-5-3-6-12-29)45-42(46-39)31-13-7-4-8-14-31/h3-26H,1-2H3. The monoisotopic (exact) mass is 590 g/mol. The lowest BCUT2D eigenvalue weighted by atomic mass is 9.97. The van der Waals surface area contributed by atoms with Crippen LogP contribution in [-0.2, 0) is 0 Å². The highest BCUT2D eigenvalue weighted by molar-refractivity contribution is 6.04. The van der Waals surface area contributed by atoms with Crippen molar-refractivity contribution in [3.8, 4) is 56.3 Å². The fourth-order valence-electron chi connectivity index (χ4n) is 6.07. The van der Waals surface area contributed by atoms with Crippen molar-refractivity contribution < 1.29 is 0 Å². The van der Waals surface area contributed by atoms with Crippen molar-refractivity contribution in [1.29, 1.82) is 0 Å². The van der Waals surface area contributed by atoms with Crippen LogP contribution in [0.3, 0.4) is 0 Å². The van der Waals surface area contributed by atoms with Crippen LogP contribution in [0.25, 0.3) is 78.1 Å². The van der Waals surface area contributed by atoms with Crippen molar-refractivity contribution in [2.75, 3.05) is 0 Å². The lowest BCUT2D eigenvalue weighted by molar-refractivity contribution is 1.18. The molecule has 3 aromatic heterocycles. The minimum Gasteiger partial charge on any atom is -0.251 e. The average Bonchev–Trinajstić information content (AvgIpc) is 3.12. The average molecular weight is 591 g/mol. The van der Waals surface area contributed by atoms with E-state index in [-0.39, 0.29) is 0 Å². The van der Waals surface area contributed by atoms with Crippen molar-refractivity contribution in [2.24, 2.45) is 0 Å². The Kier molecular flexibility index (Phi) is 6.88. The minimum atomic E-state index is 0.708. The second kappa shape index (κ2) is 11.5. The first kappa shape index (κ1) is 27.5. The summed E-state index contributed by atoms with van der Waals surface area (Å²) in [7, 11) is 0. The molecule has 0 atom stereocenters. The maximum Gasteiger partial charge on any atom is 0.160 e. The molecule has 8 rings (SSSR count). The Morgan fingerprint density at radius 3 is 1.59 bits per heavy atom. The summed E-state index contributed by atoms with van der Waals surface area (Å²) in [6, 6.07) is 50.4. The number of benzene rings is 5. The van der Waals surface area contributed by atoms with E-state index in [4.69, 9.17) is 19.9 Å². The summed E-state index contributed by atoms with van der Waals surface area (Å²) in [5, 5.41) is 2.23. The normalized spacial score (nSPS) is 11.3. The maximum absolute atomic E-state index is 5.17. The summed E-state index contributed by atoms with van der Waals surface area (Å²) in [5.74, 6) is 0.708. The van der Waals surface area contributed by atoms with Crippen molar-refractivity contribution >= 4 is 21.8 Å². The van der Waals surface area contributed by atoms with Crippen LogP contribution in [0.15, 0.2) is 146 Å². The third-order valence-corrected chi connectivity index (χ3v) is 8.46. The van der Waals surface area contributed by atoms with Gasteiger partial charge < -0.3 is 0 Å². The number of rotatable bonds is 5. The molecule has 3 heterocycles. The molecule has 0 amide bonds. The minimum absolute atomic E-state index is 0.708. The Bertz CT molecular complexity index is 2320. The molecular weight excluding hydrogens is 560 g/mol. The SMILES string of the molecule is Cc1ccc2ccc3c(C)cc(-c4cccc(-c5cccc(-c6cc(-c7ccccc7)nc(-c7ccccc7)n6)c5)c4)nc3c2n1. The Hall–Kier alpha value is -6.00. The zero-order chi connectivity index (χ0) is 31.0. The zero-order valence-corrected chi connectivity index (χ0v) is 25.6. The number of nitrogens with zero attached hydrogens (tertiary/aromatic N) is 4. The van der Waals surface area contributed by atoms with Crippen LogP contribution in [0.5, 0.6) is 0 Å². The van der Waals surface area contributed by atoms with Gasteiger partial charge in [-0.2, -0.15) is 0 Å². The molecule has 0 unspecified atom stereocenters. The van der Waals surface area contributed by atoms with Crippen LogP contribution >= 0.6 is 0 Å². The Balaban J connectivity index is 1.22. The molecule has 0 aliphatic carbocycles. The largest absolute Gasteiger partial charge is 0.251 e. The lowest BCUT2D eigenvalue weighted by Gasteiger charge is -2.12. The van der Waals surface area contributed by atoms with Gasteiger partial charge in [0.2, 0.25) is 0 Å². The molecule has 0 bridgehead atoms. The Morgan fingerprint density at radius 2 is 0.913 bits per heavy atom. The van der Waals surface area contributed by atoms with Crippen LogP contribution in [0.1, 0.15) is 11.3 Å². The first-order valence-electron chi connectivity index (χ1n) is 15.5. The molecule has 0 radical (unpaired) electrons. The summed E-state index contributed by atoms with van der Waals surface area (Å²) in [4.78, 5) is 20.0. The molecule has 0 saturated carbocycles. The van der Waals surface area contributed by atoms with E-state index in [0.29, 0.717) is 5.82 Å². The molecule has 0 fully saturated rings. The van der Waals surface area contributed by atoms with Gasteiger partial charge in [0.1, 0.15) is 0 Å². The molecule has 0 N–H and O–H groups in total. The van der Waals surface area contributed by atoms with Gasteiger partial charge in [0.05, 0.1) is 28.1 Å². The van der Waals surface area contributed by atoms with Crippen molar-refractivity contribution in [1.82, 2.24) is 19.9 Å². The van der Waals surface area contributed by atoms with Crippen LogP contribution in [0, 0.1) is 13.8 Å². The number of hydrogen-bond donors (Lipinski definition) is 0. The van der Waals surface area contributed by atoms with E-state index in [0.717, 1.165) is 78.0 Å². The summed E-state index contributed by atoms with van der Waals surface area (Å²) in [5.41, 5.74) is 13.2. The molecule has 4 heteroatoms. The van der Waals surface area contributed by atoms with E-state index < -0.39 is 0 Å². The molecule has 5 aromatic carbocycles. The number of hydrogen-bond acceptors (Lipinski definition) is 4. The third kappa shape index (κ3) is 5.20. The van der Waals surface area contributed by atoms with Gasteiger partial charge in [-0.3, -0.25) is 4.98 Å². The summed E-state index contributed by atoms with van der Waals surface area (Å²) < 4.78 is 0. The smallest absolute Gasteiger partial charge is 0.160 e. The van der Waals surface area contributed by atoms with E-state index in [1.54, 1.807) is 0 Å². The summed E-state index contributed by atoms with van der Waals surface area (Å²) >= 11 is 0. The van der Waals surface area contributed by atoms with E-state index >= 15 is 0 Å². The van der Waals surface area contributed by atoms with Gasteiger partial charge in [0.15, 0.2) is 5.82 Å². The highest BCUT2D eigenvalue weighted by Crippen LogP contribution is 2.33. The fraction of sp³-hybridized carbons (Fsp3) is 0.0476. The lowest BCUT2D eigenvalue weighted by Crippen LogP contribution is -1.96. The number of pyridine rings is 2. The molecule has 4 nitrogen and oxygen atoms in total. The van der Waals surface area contributed by atoms with Gasteiger partial charge in [-0.1, -0.05) is 115 Å². The summed E-state index contributed by atoms with van der Waals surface area (Å²) in [6.45, 7) is 4.18. The third-order valence-electron chi connectivity index (χ3n) is 8.46. The predicted octanol–water partition coefficient (Wildman–Crippen LogP) is 10.5. The fourth-order valence-corrected chi connectivity index (χ4v) is 6.07. The first-order valence-corrected chi connectivity index (χ1v) is 15.5. The number of fused-ring (bicyclic) bond motifs is 3. The maximum atomic E-state index is 5.17. The second-order valence-electron chi connectivity index (χ2n) is 11.7. The van der Waals surface area contributed by atoms with Crippen LogP contribution in [-0.4, -0.2) is 19.9 Å². The van der Waals surface area contributed by atoms with Crippen molar-refractivity contribution in [2.45, 2.75) is 13.8 Å².